The van der Waals surface area contributed by atoms with Crippen molar-refractivity contribution in [2.24, 2.45) is 0 Å². The Bertz CT molecular complexity index is 396. The first-order chi connectivity index (χ1) is 7.26. The Balaban J connectivity index is 2.50. The highest BCUT2D eigenvalue weighted by atomic mass is 15.2. The van der Waals surface area contributed by atoms with Gasteiger partial charge in [-0.1, -0.05) is 19.1 Å². The van der Waals surface area contributed by atoms with E-state index >= 15 is 0 Å². The molecule has 0 amide bonds. The predicted molar refractivity (Wildman–Crippen MR) is 63.1 cm³/mol. The van der Waals surface area contributed by atoms with E-state index in [2.05, 4.69) is 47.9 Å². The molecule has 1 heterocycles. The lowest BCUT2D eigenvalue weighted by Crippen LogP contribution is -2.20. The van der Waals surface area contributed by atoms with Crippen molar-refractivity contribution >= 4 is 11.9 Å². The minimum Gasteiger partial charge on any atom is -0.359 e. The molecule has 0 aliphatic heterocycles. The van der Waals surface area contributed by atoms with E-state index in [0.717, 1.165) is 31.0 Å². The quantitative estimate of drug-likeness (QED) is 0.753. The Labute approximate surface area is 90.9 Å². The van der Waals surface area contributed by atoms with Crippen LogP contribution in [0.3, 0.4) is 0 Å². The van der Waals surface area contributed by atoms with Gasteiger partial charge in [0.25, 0.3) is 0 Å². The summed E-state index contributed by atoms with van der Waals surface area (Å²) in [4.78, 5) is 11.3. The molecule has 0 saturated carbocycles. The minimum atomic E-state index is 0.901. The number of fused-ring (bicyclic) bond motifs is 1. The average molecular weight is 203 g/mol. The van der Waals surface area contributed by atoms with Crippen LogP contribution in [0.25, 0.3) is 6.08 Å². The second kappa shape index (κ2) is 4.01. The number of nitrogens with zero attached hydrogens (tertiary/aromatic N) is 3. The predicted octanol–water partition coefficient (Wildman–Crippen LogP) is 2.06. The molecule has 0 bridgehead atoms. The van der Waals surface area contributed by atoms with E-state index in [-0.39, 0.29) is 0 Å². The zero-order valence-corrected chi connectivity index (χ0v) is 9.62. The molecule has 0 radical (unpaired) electrons. The molecule has 1 aromatic heterocycles. The number of hydrogen-bond donors (Lipinski definition) is 0. The summed E-state index contributed by atoms with van der Waals surface area (Å²) in [6.45, 7) is 5.21. The number of aryl methyl sites for hydroxylation is 1. The zero-order valence-electron chi connectivity index (χ0n) is 9.62. The van der Waals surface area contributed by atoms with Crippen molar-refractivity contribution in [1.29, 1.82) is 0 Å². The van der Waals surface area contributed by atoms with Crippen LogP contribution in [-0.2, 0) is 12.8 Å². The highest BCUT2D eigenvalue weighted by Crippen LogP contribution is 2.26. The van der Waals surface area contributed by atoms with Crippen LogP contribution < -0.4 is 4.90 Å². The highest BCUT2D eigenvalue weighted by molar-refractivity contribution is 5.69. The van der Waals surface area contributed by atoms with Gasteiger partial charge in [0.05, 0.1) is 5.69 Å². The van der Waals surface area contributed by atoms with Gasteiger partial charge in [-0.05, 0) is 6.92 Å². The number of rotatable bonds is 3. The van der Waals surface area contributed by atoms with Crippen LogP contribution in [0.15, 0.2) is 6.08 Å². The standard InChI is InChI=1S/C12H17N3/c1-4-11-13-10-8-6-7-9(10)12(14-11)15(3)5-2/h6-7H,4-5,8H2,1-3H3. The van der Waals surface area contributed by atoms with Gasteiger partial charge in [0.1, 0.15) is 11.6 Å². The van der Waals surface area contributed by atoms with Crippen LogP contribution in [0.5, 0.6) is 0 Å². The molecule has 80 valence electrons. The third-order valence-electron chi connectivity index (χ3n) is 2.80. The molecule has 3 heteroatoms. The summed E-state index contributed by atoms with van der Waals surface area (Å²) in [6, 6.07) is 0. The van der Waals surface area contributed by atoms with Gasteiger partial charge in [0.15, 0.2) is 0 Å². The Kier molecular flexibility index (Phi) is 2.71. The minimum absolute atomic E-state index is 0.901. The van der Waals surface area contributed by atoms with E-state index in [1.807, 2.05) is 0 Å². The van der Waals surface area contributed by atoms with Crippen LogP contribution in [0.2, 0.25) is 0 Å². The van der Waals surface area contributed by atoms with Gasteiger partial charge in [0.2, 0.25) is 0 Å². The third kappa shape index (κ3) is 1.74. The van der Waals surface area contributed by atoms with Crippen molar-refractivity contribution in [3.8, 4) is 0 Å². The first-order valence-corrected chi connectivity index (χ1v) is 5.53. The Morgan fingerprint density at radius 2 is 2.13 bits per heavy atom. The lowest BCUT2D eigenvalue weighted by molar-refractivity contribution is 0.860. The van der Waals surface area contributed by atoms with Gasteiger partial charge in [0, 0.05) is 32.0 Å². The summed E-state index contributed by atoms with van der Waals surface area (Å²) in [7, 11) is 2.08. The average Bonchev–Trinajstić information content (AvgIpc) is 2.74. The second-order valence-corrected chi connectivity index (χ2v) is 3.80. The smallest absolute Gasteiger partial charge is 0.139 e. The molecule has 1 aliphatic rings. The molecular formula is C12H17N3. The van der Waals surface area contributed by atoms with E-state index in [1.165, 1.54) is 11.3 Å². The second-order valence-electron chi connectivity index (χ2n) is 3.80. The van der Waals surface area contributed by atoms with Crippen molar-refractivity contribution in [1.82, 2.24) is 9.97 Å². The van der Waals surface area contributed by atoms with Crippen LogP contribution >= 0.6 is 0 Å². The molecule has 1 aromatic rings. The molecule has 0 aromatic carbocycles. The molecule has 3 nitrogen and oxygen atoms in total. The van der Waals surface area contributed by atoms with Crippen LogP contribution in [0, 0.1) is 0 Å². The zero-order chi connectivity index (χ0) is 10.8. The number of allylic oxidation sites excluding steroid dienone is 1. The summed E-state index contributed by atoms with van der Waals surface area (Å²) in [5.41, 5.74) is 2.38. The maximum Gasteiger partial charge on any atom is 0.139 e. The van der Waals surface area contributed by atoms with E-state index < -0.39 is 0 Å². The summed E-state index contributed by atoms with van der Waals surface area (Å²) in [5, 5.41) is 0. The van der Waals surface area contributed by atoms with Gasteiger partial charge in [-0.15, -0.1) is 0 Å². The van der Waals surface area contributed by atoms with Crippen LogP contribution in [0.4, 0.5) is 5.82 Å². The highest BCUT2D eigenvalue weighted by Gasteiger charge is 2.16. The van der Waals surface area contributed by atoms with Crippen LogP contribution in [0.1, 0.15) is 30.9 Å². The van der Waals surface area contributed by atoms with Crippen LogP contribution in [-0.4, -0.2) is 23.6 Å². The molecular weight excluding hydrogens is 186 g/mol. The molecule has 0 N–H and O–H groups in total. The Morgan fingerprint density at radius 3 is 2.80 bits per heavy atom. The van der Waals surface area contributed by atoms with Crippen molar-refractivity contribution in [3.63, 3.8) is 0 Å². The largest absolute Gasteiger partial charge is 0.359 e. The molecule has 15 heavy (non-hydrogen) atoms. The maximum atomic E-state index is 4.60. The fourth-order valence-corrected chi connectivity index (χ4v) is 1.77. The van der Waals surface area contributed by atoms with Crippen molar-refractivity contribution in [2.45, 2.75) is 26.7 Å². The molecule has 0 unspecified atom stereocenters. The number of aromatic nitrogens is 2. The van der Waals surface area contributed by atoms with E-state index in [9.17, 15) is 0 Å². The fourth-order valence-electron chi connectivity index (χ4n) is 1.77. The lowest BCUT2D eigenvalue weighted by Gasteiger charge is -2.19. The normalized spacial score (nSPS) is 13.0. The Hall–Kier alpha value is -1.38. The van der Waals surface area contributed by atoms with Gasteiger partial charge < -0.3 is 4.90 Å². The maximum absolute atomic E-state index is 4.60. The summed E-state index contributed by atoms with van der Waals surface area (Å²) >= 11 is 0. The SMILES string of the molecule is CCc1nc2c(c(N(C)CC)n1)C=CC2. The number of hydrogen-bond acceptors (Lipinski definition) is 3. The lowest BCUT2D eigenvalue weighted by atomic mass is 10.2. The van der Waals surface area contributed by atoms with E-state index in [4.69, 9.17) is 0 Å². The molecule has 1 aliphatic carbocycles. The van der Waals surface area contributed by atoms with E-state index in [1.54, 1.807) is 0 Å². The monoisotopic (exact) mass is 203 g/mol. The van der Waals surface area contributed by atoms with E-state index in [0.29, 0.717) is 0 Å². The summed E-state index contributed by atoms with van der Waals surface area (Å²) in [6.07, 6.45) is 6.15. The topological polar surface area (TPSA) is 29.0 Å². The van der Waals surface area contributed by atoms with Gasteiger partial charge in [-0.2, -0.15) is 0 Å². The third-order valence-corrected chi connectivity index (χ3v) is 2.80. The first kappa shape index (κ1) is 10.1. The summed E-state index contributed by atoms with van der Waals surface area (Å²) < 4.78 is 0. The Morgan fingerprint density at radius 1 is 1.33 bits per heavy atom. The molecule has 0 saturated heterocycles. The van der Waals surface area contributed by atoms with Crippen molar-refractivity contribution < 1.29 is 0 Å². The van der Waals surface area contributed by atoms with Gasteiger partial charge in [-0.3, -0.25) is 0 Å². The first-order valence-electron chi connectivity index (χ1n) is 5.53. The molecule has 0 fully saturated rings. The molecule has 0 atom stereocenters. The fraction of sp³-hybridized carbons (Fsp3) is 0.500. The van der Waals surface area contributed by atoms with Gasteiger partial charge in [-0.25, -0.2) is 9.97 Å². The van der Waals surface area contributed by atoms with Gasteiger partial charge >= 0.3 is 0 Å². The van der Waals surface area contributed by atoms with Crippen molar-refractivity contribution in [3.05, 3.63) is 23.2 Å². The molecule has 0 spiro atoms. The number of anilines is 1. The summed E-state index contributed by atoms with van der Waals surface area (Å²) in [5.74, 6) is 2.03. The van der Waals surface area contributed by atoms with Crippen molar-refractivity contribution in [2.75, 3.05) is 18.5 Å². The molecule has 2 rings (SSSR count).